The van der Waals surface area contributed by atoms with Crippen LogP contribution in [0.1, 0.15) is 61.7 Å². The van der Waals surface area contributed by atoms with Crippen LogP contribution in [0.4, 0.5) is 0 Å². The Morgan fingerprint density at radius 2 is 1.65 bits per heavy atom. The van der Waals surface area contributed by atoms with Crippen LogP contribution in [-0.2, 0) is 4.74 Å². The number of nitrogens with one attached hydrogen (secondary N) is 1. The van der Waals surface area contributed by atoms with Gasteiger partial charge in [0.1, 0.15) is 6.61 Å². The summed E-state index contributed by atoms with van der Waals surface area (Å²) in [6, 6.07) is 3.97. The first kappa shape index (κ1) is 22.3. The molecule has 2 saturated heterocycles. The zero-order valence-electron chi connectivity index (χ0n) is 19.3. The van der Waals surface area contributed by atoms with Crippen molar-refractivity contribution in [3.63, 3.8) is 0 Å². The maximum atomic E-state index is 12.8. The van der Waals surface area contributed by atoms with Gasteiger partial charge in [0.2, 0.25) is 5.75 Å². The first-order valence-corrected chi connectivity index (χ1v) is 12.0. The number of esters is 1. The van der Waals surface area contributed by atoms with Crippen molar-refractivity contribution in [3.8, 4) is 17.2 Å². The molecule has 2 heterocycles. The van der Waals surface area contributed by atoms with E-state index in [0.29, 0.717) is 41.4 Å². The standard InChI is InChI=1S/C25H37NO5/c1-28-22-13-19(14-23(29-2)24(22)30-3)25(27)31-16-18-10-7-11-26-15-20(12-21(18)26)17-8-5-4-6-9-17/h13-14,17-18,20-21H,4-12,15-16H2,1-3H3/p+1/t18-,20-,21-/m0/s1. The van der Waals surface area contributed by atoms with Crippen LogP contribution in [0.3, 0.4) is 0 Å². The van der Waals surface area contributed by atoms with E-state index in [-0.39, 0.29) is 5.97 Å². The second-order valence-corrected chi connectivity index (χ2v) is 9.53. The molecule has 0 bridgehead atoms. The minimum atomic E-state index is -0.326. The number of hydrogen-bond acceptors (Lipinski definition) is 5. The van der Waals surface area contributed by atoms with E-state index in [1.54, 1.807) is 38.4 Å². The van der Waals surface area contributed by atoms with Crippen molar-refractivity contribution in [2.75, 3.05) is 41.0 Å². The second kappa shape index (κ2) is 10.1. The summed E-state index contributed by atoms with van der Waals surface area (Å²) in [4.78, 5) is 14.6. The van der Waals surface area contributed by atoms with Crippen molar-refractivity contribution in [3.05, 3.63) is 17.7 Å². The molecule has 31 heavy (non-hydrogen) atoms. The molecule has 6 heteroatoms. The second-order valence-electron chi connectivity index (χ2n) is 9.53. The number of ether oxygens (including phenoxy) is 4. The smallest absolute Gasteiger partial charge is 0.338 e. The molecule has 4 rings (SSSR count). The molecule has 1 N–H and O–H groups in total. The number of methoxy groups -OCH3 is 3. The van der Waals surface area contributed by atoms with Gasteiger partial charge in [-0.1, -0.05) is 19.3 Å². The van der Waals surface area contributed by atoms with Gasteiger partial charge in [0.15, 0.2) is 11.5 Å². The molecule has 4 atom stereocenters. The lowest BCUT2D eigenvalue weighted by Crippen LogP contribution is -3.15. The molecule has 172 valence electrons. The van der Waals surface area contributed by atoms with Gasteiger partial charge in [0, 0.05) is 18.3 Å². The van der Waals surface area contributed by atoms with Crippen LogP contribution in [0.15, 0.2) is 12.1 Å². The van der Waals surface area contributed by atoms with Crippen LogP contribution in [0.2, 0.25) is 0 Å². The molecule has 1 aliphatic carbocycles. The summed E-state index contributed by atoms with van der Waals surface area (Å²) in [5, 5.41) is 0. The Morgan fingerprint density at radius 1 is 0.935 bits per heavy atom. The van der Waals surface area contributed by atoms with E-state index in [4.69, 9.17) is 18.9 Å². The quantitative estimate of drug-likeness (QED) is 0.671. The van der Waals surface area contributed by atoms with Gasteiger partial charge in [-0.25, -0.2) is 4.79 Å². The fourth-order valence-electron chi connectivity index (χ4n) is 6.30. The van der Waals surface area contributed by atoms with Crippen LogP contribution in [0.25, 0.3) is 0 Å². The van der Waals surface area contributed by atoms with E-state index < -0.39 is 0 Å². The van der Waals surface area contributed by atoms with Crippen molar-refractivity contribution in [1.29, 1.82) is 0 Å². The van der Waals surface area contributed by atoms with Crippen LogP contribution in [0, 0.1) is 17.8 Å². The molecule has 2 aliphatic heterocycles. The number of piperidine rings is 1. The Hall–Kier alpha value is -1.95. The predicted octanol–water partition coefficient (Wildman–Crippen LogP) is 3.13. The summed E-state index contributed by atoms with van der Waals surface area (Å²) in [6.45, 7) is 3.11. The van der Waals surface area contributed by atoms with E-state index in [9.17, 15) is 4.79 Å². The number of quaternary nitrogens is 1. The van der Waals surface area contributed by atoms with Gasteiger partial charge in [0.05, 0.1) is 46.0 Å². The molecule has 3 aliphatic rings. The highest BCUT2D eigenvalue weighted by atomic mass is 16.5. The molecule has 6 nitrogen and oxygen atoms in total. The highest BCUT2D eigenvalue weighted by molar-refractivity contribution is 5.91. The SMILES string of the molecule is COc1cc(C(=O)OC[C@@H]2CCC[NH+]3C[C@@H](C4CCCCC4)C[C@@H]23)cc(OC)c1OC. The number of rotatable bonds is 7. The molecule has 1 unspecified atom stereocenters. The van der Waals surface area contributed by atoms with Gasteiger partial charge in [-0.05, 0) is 43.7 Å². The Balaban J connectivity index is 1.39. The highest BCUT2D eigenvalue weighted by Gasteiger charge is 2.45. The Bertz CT molecular complexity index is 735. The van der Waals surface area contributed by atoms with Crippen molar-refractivity contribution >= 4 is 5.97 Å². The fraction of sp³-hybridized carbons (Fsp3) is 0.720. The Morgan fingerprint density at radius 3 is 2.29 bits per heavy atom. The third kappa shape index (κ3) is 4.79. The van der Waals surface area contributed by atoms with E-state index in [2.05, 4.69) is 0 Å². The molecule has 0 amide bonds. The molecular weight excluding hydrogens is 394 g/mol. The van der Waals surface area contributed by atoms with Crippen LogP contribution < -0.4 is 19.1 Å². The minimum absolute atomic E-state index is 0.326. The van der Waals surface area contributed by atoms with E-state index in [1.165, 1.54) is 58.0 Å². The predicted molar refractivity (Wildman–Crippen MR) is 118 cm³/mol. The first-order chi connectivity index (χ1) is 15.1. The topological polar surface area (TPSA) is 58.4 Å². The largest absolute Gasteiger partial charge is 0.493 e. The normalized spacial score (nSPS) is 28.6. The number of carbonyl (C=O) groups excluding carboxylic acids is 1. The van der Waals surface area contributed by atoms with Crippen molar-refractivity contribution < 1.29 is 28.6 Å². The number of fused-ring (bicyclic) bond motifs is 1. The summed E-state index contributed by atoms with van der Waals surface area (Å²) in [5.41, 5.74) is 0.431. The third-order valence-electron chi connectivity index (χ3n) is 7.89. The molecule has 1 saturated carbocycles. The van der Waals surface area contributed by atoms with E-state index in [0.717, 1.165) is 18.3 Å². The summed E-state index contributed by atoms with van der Waals surface area (Å²) < 4.78 is 21.9. The summed E-state index contributed by atoms with van der Waals surface area (Å²) in [7, 11) is 4.65. The van der Waals surface area contributed by atoms with E-state index in [1.807, 2.05) is 0 Å². The number of carbonyl (C=O) groups is 1. The molecule has 1 aromatic rings. The molecule has 3 fully saturated rings. The van der Waals surface area contributed by atoms with Gasteiger partial charge in [-0.2, -0.15) is 0 Å². The maximum Gasteiger partial charge on any atom is 0.338 e. The van der Waals surface area contributed by atoms with Gasteiger partial charge in [-0.15, -0.1) is 0 Å². The molecule has 0 aromatic heterocycles. The van der Waals surface area contributed by atoms with Crippen molar-refractivity contribution in [2.24, 2.45) is 17.8 Å². The number of benzene rings is 1. The molecule has 0 spiro atoms. The zero-order valence-corrected chi connectivity index (χ0v) is 19.3. The van der Waals surface area contributed by atoms with Gasteiger partial charge in [0.25, 0.3) is 0 Å². The lowest BCUT2D eigenvalue weighted by atomic mass is 9.78. The van der Waals surface area contributed by atoms with Crippen LogP contribution in [-0.4, -0.2) is 53.0 Å². The lowest BCUT2D eigenvalue weighted by Gasteiger charge is -2.33. The molecular formula is C25H38NO5+. The van der Waals surface area contributed by atoms with Gasteiger partial charge >= 0.3 is 5.97 Å². The maximum absolute atomic E-state index is 12.8. The average molecular weight is 433 g/mol. The monoisotopic (exact) mass is 432 g/mol. The van der Waals surface area contributed by atoms with Crippen LogP contribution in [0.5, 0.6) is 17.2 Å². The summed E-state index contributed by atoms with van der Waals surface area (Å²) >= 11 is 0. The van der Waals surface area contributed by atoms with Crippen LogP contribution >= 0.6 is 0 Å². The summed E-state index contributed by atoms with van der Waals surface area (Å²) in [5.74, 6) is 3.34. The van der Waals surface area contributed by atoms with Crippen molar-refractivity contribution in [2.45, 2.75) is 57.4 Å². The number of hydrogen-bond donors (Lipinski definition) is 1. The Labute approximate surface area is 186 Å². The zero-order chi connectivity index (χ0) is 21.8. The van der Waals surface area contributed by atoms with Gasteiger partial charge in [-0.3, -0.25) is 0 Å². The molecule has 0 radical (unpaired) electrons. The van der Waals surface area contributed by atoms with E-state index >= 15 is 0 Å². The lowest BCUT2D eigenvalue weighted by molar-refractivity contribution is -0.923. The fourth-order valence-corrected chi connectivity index (χ4v) is 6.30. The first-order valence-electron chi connectivity index (χ1n) is 12.0. The Kier molecular flexibility index (Phi) is 7.26. The molecule has 1 aromatic carbocycles. The average Bonchev–Trinajstić information content (AvgIpc) is 3.27. The highest BCUT2D eigenvalue weighted by Crippen LogP contribution is 2.39. The summed E-state index contributed by atoms with van der Waals surface area (Å²) in [6.07, 6.45) is 10.8. The third-order valence-corrected chi connectivity index (χ3v) is 7.89. The van der Waals surface area contributed by atoms with Crippen molar-refractivity contribution in [1.82, 2.24) is 0 Å². The minimum Gasteiger partial charge on any atom is -0.493 e. The van der Waals surface area contributed by atoms with Gasteiger partial charge < -0.3 is 23.8 Å².